The van der Waals surface area contributed by atoms with Crippen LogP contribution in [-0.2, 0) is 0 Å². The molecule has 1 N–H and O–H groups in total. The van der Waals surface area contributed by atoms with E-state index in [1.165, 1.54) is 42.6 Å². The fourth-order valence-corrected chi connectivity index (χ4v) is 3.54. The van der Waals surface area contributed by atoms with E-state index in [1.54, 1.807) is 0 Å². The largest absolute Gasteiger partial charge is 0.369 e. The fourth-order valence-electron chi connectivity index (χ4n) is 3.54. The second-order valence-electron chi connectivity index (χ2n) is 6.68. The first kappa shape index (κ1) is 13.0. The lowest BCUT2D eigenvalue weighted by molar-refractivity contribution is 0.331. The predicted molar refractivity (Wildman–Crippen MR) is 81.9 cm³/mol. The van der Waals surface area contributed by atoms with Crippen LogP contribution in [0.15, 0.2) is 18.2 Å². The summed E-state index contributed by atoms with van der Waals surface area (Å²) in [6.07, 6.45) is 4.06. The van der Waals surface area contributed by atoms with Crippen molar-refractivity contribution in [3.63, 3.8) is 0 Å². The molecule has 1 unspecified atom stereocenters. The van der Waals surface area contributed by atoms with Gasteiger partial charge in [0.25, 0.3) is 0 Å². The molecular weight excluding hydrogens is 232 g/mol. The zero-order valence-corrected chi connectivity index (χ0v) is 12.5. The number of nitrogens with one attached hydrogen (secondary N) is 1. The number of anilines is 1. The summed E-state index contributed by atoms with van der Waals surface area (Å²) in [7, 11) is 0. The maximum absolute atomic E-state index is 3.81. The highest BCUT2D eigenvalue weighted by atomic mass is 15.2. The third-order valence-electron chi connectivity index (χ3n) is 4.82. The zero-order valence-electron chi connectivity index (χ0n) is 12.5. The molecule has 19 heavy (non-hydrogen) atoms. The Morgan fingerprint density at radius 1 is 1.26 bits per heavy atom. The van der Waals surface area contributed by atoms with Crippen LogP contribution < -0.4 is 10.2 Å². The quantitative estimate of drug-likeness (QED) is 0.876. The van der Waals surface area contributed by atoms with Crippen molar-refractivity contribution in [1.29, 1.82) is 0 Å². The Morgan fingerprint density at radius 2 is 2.05 bits per heavy atom. The van der Waals surface area contributed by atoms with Gasteiger partial charge in [-0.05, 0) is 64.1 Å². The van der Waals surface area contributed by atoms with Gasteiger partial charge in [-0.15, -0.1) is 0 Å². The van der Waals surface area contributed by atoms with Crippen LogP contribution in [0.25, 0.3) is 0 Å². The van der Waals surface area contributed by atoms with E-state index in [0.29, 0.717) is 5.54 Å². The Balaban J connectivity index is 1.86. The molecule has 1 saturated carbocycles. The Kier molecular flexibility index (Phi) is 3.30. The molecule has 2 heteroatoms. The number of rotatable bonds is 2. The van der Waals surface area contributed by atoms with Crippen molar-refractivity contribution in [3.05, 3.63) is 29.3 Å². The van der Waals surface area contributed by atoms with Crippen LogP contribution in [0.2, 0.25) is 0 Å². The van der Waals surface area contributed by atoms with Gasteiger partial charge in [-0.3, -0.25) is 0 Å². The van der Waals surface area contributed by atoms with Crippen molar-refractivity contribution >= 4 is 5.69 Å². The van der Waals surface area contributed by atoms with E-state index < -0.39 is 0 Å². The zero-order chi connectivity index (χ0) is 13.5. The molecule has 2 nitrogen and oxygen atoms in total. The molecule has 0 amide bonds. The van der Waals surface area contributed by atoms with E-state index in [-0.39, 0.29) is 0 Å². The molecule has 0 spiro atoms. The average Bonchev–Trinajstić information content (AvgIpc) is 3.16. The SMILES string of the molecule is Cc1ccc(N2CCCNC(C)(C3CC3)C2)c(C)c1. The lowest BCUT2D eigenvalue weighted by atomic mass is 9.95. The van der Waals surface area contributed by atoms with E-state index in [4.69, 9.17) is 0 Å². The Bertz CT molecular complexity index is 464. The average molecular weight is 258 g/mol. The molecule has 1 atom stereocenters. The molecule has 0 aromatic heterocycles. The van der Waals surface area contributed by atoms with Gasteiger partial charge in [0.05, 0.1) is 0 Å². The van der Waals surface area contributed by atoms with Crippen LogP contribution in [0.5, 0.6) is 0 Å². The number of hydrogen-bond donors (Lipinski definition) is 1. The predicted octanol–water partition coefficient (Wildman–Crippen LogP) is 3.27. The second-order valence-corrected chi connectivity index (χ2v) is 6.68. The molecule has 104 valence electrons. The topological polar surface area (TPSA) is 15.3 Å². The van der Waals surface area contributed by atoms with Crippen molar-refractivity contribution in [2.75, 3.05) is 24.5 Å². The van der Waals surface area contributed by atoms with Crippen molar-refractivity contribution < 1.29 is 0 Å². The summed E-state index contributed by atoms with van der Waals surface area (Å²) in [5.41, 5.74) is 4.52. The van der Waals surface area contributed by atoms with Crippen LogP contribution in [0.1, 0.15) is 37.3 Å². The van der Waals surface area contributed by atoms with Crippen molar-refractivity contribution in [2.24, 2.45) is 5.92 Å². The summed E-state index contributed by atoms with van der Waals surface area (Å²) in [5.74, 6) is 0.888. The lowest BCUT2D eigenvalue weighted by Gasteiger charge is -2.35. The van der Waals surface area contributed by atoms with Gasteiger partial charge in [-0.1, -0.05) is 17.7 Å². The molecule has 1 aliphatic carbocycles. The smallest absolute Gasteiger partial charge is 0.0396 e. The first-order valence-corrected chi connectivity index (χ1v) is 7.66. The molecule has 2 aliphatic rings. The molecule has 0 radical (unpaired) electrons. The molecule has 1 saturated heterocycles. The summed E-state index contributed by atoms with van der Waals surface area (Å²) in [6, 6.07) is 6.86. The van der Waals surface area contributed by atoms with Gasteiger partial charge in [0.1, 0.15) is 0 Å². The van der Waals surface area contributed by atoms with Gasteiger partial charge in [-0.25, -0.2) is 0 Å². The monoisotopic (exact) mass is 258 g/mol. The molecule has 1 heterocycles. The van der Waals surface area contributed by atoms with E-state index in [0.717, 1.165) is 19.0 Å². The summed E-state index contributed by atoms with van der Waals surface area (Å²) in [6.45, 7) is 10.3. The molecule has 3 rings (SSSR count). The van der Waals surface area contributed by atoms with E-state index in [1.807, 2.05) is 0 Å². The summed E-state index contributed by atoms with van der Waals surface area (Å²) >= 11 is 0. The Morgan fingerprint density at radius 3 is 2.74 bits per heavy atom. The molecule has 0 bridgehead atoms. The third kappa shape index (κ3) is 2.64. The van der Waals surface area contributed by atoms with Crippen LogP contribution in [0, 0.1) is 19.8 Å². The van der Waals surface area contributed by atoms with Gasteiger partial charge in [-0.2, -0.15) is 0 Å². The molecule has 1 aromatic carbocycles. The van der Waals surface area contributed by atoms with E-state index in [2.05, 4.69) is 49.2 Å². The van der Waals surface area contributed by atoms with Gasteiger partial charge in [0.2, 0.25) is 0 Å². The molecule has 1 aliphatic heterocycles. The van der Waals surface area contributed by atoms with Gasteiger partial charge in [0, 0.05) is 24.3 Å². The van der Waals surface area contributed by atoms with E-state index in [9.17, 15) is 0 Å². The third-order valence-corrected chi connectivity index (χ3v) is 4.82. The molecular formula is C17H26N2. The Hall–Kier alpha value is -1.02. The fraction of sp³-hybridized carbons (Fsp3) is 0.647. The standard InChI is InChI=1S/C17H26N2/c1-13-5-8-16(14(2)11-13)19-10-4-9-18-17(3,12-19)15-6-7-15/h5,8,11,15,18H,4,6-7,9-10,12H2,1-3H3. The van der Waals surface area contributed by atoms with Crippen LogP contribution in [0.4, 0.5) is 5.69 Å². The highest BCUT2D eigenvalue weighted by Gasteiger charge is 2.43. The number of aryl methyl sites for hydroxylation is 2. The minimum Gasteiger partial charge on any atom is -0.369 e. The number of nitrogens with zero attached hydrogens (tertiary/aromatic N) is 1. The molecule has 1 aromatic rings. The van der Waals surface area contributed by atoms with Crippen LogP contribution >= 0.6 is 0 Å². The maximum Gasteiger partial charge on any atom is 0.0396 e. The number of benzene rings is 1. The minimum absolute atomic E-state index is 0.313. The number of hydrogen-bond acceptors (Lipinski definition) is 2. The highest BCUT2D eigenvalue weighted by Crippen LogP contribution is 2.41. The minimum atomic E-state index is 0.313. The summed E-state index contributed by atoms with van der Waals surface area (Å²) in [5, 5.41) is 3.81. The molecule has 2 fully saturated rings. The summed E-state index contributed by atoms with van der Waals surface area (Å²) < 4.78 is 0. The normalized spacial score (nSPS) is 28.3. The van der Waals surface area contributed by atoms with Crippen LogP contribution in [0.3, 0.4) is 0 Å². The van der Waals surface area contributed by atoms with Gasteiger partial charge in [0.15, 0.2) is 0 Å². The first-order valence-electron chi connectivity index (χ1n) is 7.66. The maximum atomic E-state index is 3.81. The first-order chi connectivity index (χ1) is 9.08. The lowest BCUT2D eigenvalue weighted by Crippen LogP contribution is -2.51. The van der Waals surface area contributed by atoms with Crippen LogP contribution in [-0.4, -0.2) is 25.2 Å². The second kappa shape index (κ2) is 4.82. The van der Waals surface area contributed by atoms with Crippen molar-refractivity contribution in [2.45, 2.75) is 45.6 Å². The van der Waals surface area contributed by atoms with Crippen molar-refractivity contribution in [3.8, 4) is 0 Å². The highest BCUT2D eigenvalue weighted by molar-refractivity contribution is 5.55. The van der Waals surface area contributed by atoms with Gasteiger partial charge >= 0.3 is 0 Å². The van der Waals surface area contributed by atoms with Gasteiger partial charge < -0.3 is 10.2 Å². The Labute approximate surface area is 117 Å². The van der Waals surface area contributed by atoms with E-state index >= 15 is 0 Å². The van der Waals surface area contributed by atoms with Crippen molar-refractivity contribution in [1.82, 2.24) is 5.32 Å². The summed E-state index contributed by atoms with van der Waals surface area (Å²) in [4.78, 5) is 2.60.